The molecule has 0 aliphatic carbocycles. The molecule has 2 aromatic heterocycles. The summed E-state index contributed by atoms with van der Waals surface area (Å²) in [4.78, 5) is 14.8. The average molecular weight is 305 g/mol. The maximum Gasteiger partial charge on any atom is 0.270 e. The Bertz CT molecular complexity index is 847. The zero-order valence-electron chi connectivity index (χ0n) is 10.9. The van der Waals surface area contributed by atoms with E-state index in [4.69, 9.17) is 16.3 Å². The van der Waals surface area contributed by atoms with Gasteiger partial charge in [-0.15, -0.1) is 0 Å². The van der Waals surface area contributed by atoms with Gasteiger partial charge in [0.25, 0.3) is 5.69 Å². The molecule has 0 atom stereocenters. The molecule has 2 heterocycles. The fourth-order valence-electron chi connectivity index (χ4n) is 2.03. The predicted molar refractivity (Wildman–Crippen MR) is 76.6 cm³/mol. The van der Waals surface area contributed by atoms with Crippen molar-refractivity contribution in [1.82, 2.24) is 14.6 Å². The Labute approximate surface area is 123 Å². The van der Waals surface area contributed by atoms with E-state index in [9.17, 15) is 10.1 Å². The van der Waals surface area contributed by atoms with Crippen molar-refractivity contribution in [3.05, 3.63) is 51.7 Å². The molecule has 0 saturated carbocycles. The van der Waals surface area contributed by atoms with Gasteiger partial charge in [-0.2, -0.15) is 9.61 Å². The van der Waals surface area contributed by atoms with Crippen molar-refractivity contribution in [3.63, 3.8) is 0 Å². The number of ether oxygens (including phenoxy) is 1. The molecule has 0 fully saturated rings. The van der Waals surface area contributed by atoms with Gasteiger partial charge >= 0.3 is 0 Å². The van der Waals surface area contributed by atoms with E-state index in [-0.39, 0.29) is 5.69 Å². The molecule has 0 amide bonds. The number of nitro benzene ring substituents is 1. The van der Waals surface area contributed by atoms with E-state index in [1.807, 2.05) is 0 Å². The number of aromatic nitrogens is 3. The highest BCUT2D eigenvalue weighted by Gasteiger charge is 2.18. The molecule has 3 aromatic rings. The van der Waals surface area contributed by atoms with Gasteiger partial charge in [0.2, 0.25) is 5.88 Å². The van der Waals surface area contributed by atoms with Crippen LogP contribution in [0.4, 0.5) is 5.69 Å². The molecule has 21 heavy (non-hydrogen) atoms. The standard InChI is InChI=1S/C13H9ClN4O3/c1-21-13-12(8-3-2-4-9(7-8)18(19)20)15-11-6-5-10(14)16-17(11)13/h2-7H,1H3. The van der Waals surface area contributed by atoms with E-state index in [0.29, 0.717) is 27.9 Å². The van der Waals surface area contributed by atoms with Gasteiger partial charge < -0.3 is 4.74 Å². The zero-order valence-corrected chi connectivity index (χ0v) is 11.6. The van der Waals surface area contributed by atoms with E-state index in [1.165, 1.54) is 23.8 Å². The highest BCUT2D eigenvalue weighted by atomic mass is 35.5. The highest BCUT2D eigenvalue weighted by molar-refractivity contribution is 6.29. The van der Waals surface area contributed by atoms with Crippen LogP contribution < -0.4 is 4.74 Å². The second-order valence-corrected chi connectivity index (χ2v) is 4.59. The molecule has 0 saturated heterocycles. The molecule has 0 radical (unpaired) electrons. The first-order valence-electron chi connectivity index (χ1n) is 5.94. The van der Waals surface area contributed by atoms with Gasteiger partial charge in [0.15, 0.2) is 5.65 Å². The van der Waals surface area contributed by atoms with Crippen LogP contribution in [0.15, 0.2) is 36.4 Å². The fraction of sp³-hybridized carbons (Fsp3) is 0.0769. The Balaban J connectivity index is 2.24. The number of rotatable bonds is 3. The number of nitrogens with zero attached hydrogens (tertiary/aromatic N) is 4. The number of halogens is 1. The Morgan fingerprint density at radius 1 is 1.33 bits per heavy atom. The topological polar surface area (TPSA) is 82.6 Å². The summed E-state index contributed by atoms with van der Waals surface area (Å²) in [5.74, 6) is 0.369. The first kappa shape index (κ1) is 13.3. The van der Waals surface area contributed by atoms with Crippen molar-refractivity contribution in [2.24, 2.45) is 0 Å². The van der Waals surface area contributed by atoms with Crippen LogP contribution in [0.2, 0.25) is 5.15 Å². The first-order valence-corrected chi connectivity index (χ1v) is 6.32. The summed E-state index contributed by atoms with van der Waals surface area (Å²) in [5.41, 5.74) is 1.56. The molecule has 7 nitrogen and oxygen atoms in total. The van der Waals surface area contributed by atoms with Crippen LogP contribution in [0.1, 0.15) is 0 Å². The number of fused-ring (bicyclic) bond motifs is 1. The fourth-order valence-corrected chi connectivity index (χ4v) is 2.17. The number of hydrogen-bond acceptors (Lipinski definition) is 5. The lowest BCUT2D eigenvalue weighted by Gasteiger charge is -2.02. The minimum Gasteiger partial charge on any atom is -0.479 e. The lowest BCUT2D eigenvalue weighted by atomic mass is 10.1. The maximum absolute atomic E-state index is 10.9. The third-order valence-electron chi connectivity index (χ3n) is 2.93. The third kappa shape index (κ3) is 2.27. The summed E-state index contributed by atoms with van der Waals surface area (Å²) in [6, 6.07) is 9.47. The SMILES string of the molecule is COc1c(-c2cccc([N+](=O)[O-])c2)nc2ccc(Cl)nn12. The smallest absolute Gasteiger partial charge is 0.270 e. The number of benzene rings is 1. The minimum absolute atomic E-state index is 0.0161. The monoisotopic (exact) mass is 304 g/mol. The second kappa shape index (κ2) is 5.02. The largest absolute Gasteiger partial charge is 0.479 e. The van der Waals surface area contributed by atoms with E-state index >= 15 is 0 Å². The van der Waals surface area contributed by atoms with E-state index < -0.39 is 4.92 Å². The van der Waals surface area contributed by atoms with Crippen molar-refractivity contribution in [1.29, 1.82) is 0 Å². The molecule has 8 heteroatoms. The summed E-state index contributed by atoms with van der Waals surface area (Å²) < 4.78 is 6.77. The van der Waals surface area contributed by atoms with Crippen molar-refractivity contribution in [2.45, 2.75) is 0 Å². The minimum atomic E-state index is -0.457. The van der Waals surface area contributed by atoms with Crippen LogP contribution in [-0.4, -0.2) is 26.6 Å². The van der Waals surface area contributed by atoms with Crippen LogP contribution in [0, 0.1) is 10.1 Å². The maximum atomic E-state index is 10.9. The van der Waals surface area contributed by atoms with Crippen molar-refractivity contribution < 1.29 is 9.66 Å². The van der Waals surface area contributed by atoms with Crippen LogP contribution in [0.25, 0.3) is 16.9 Å². The number of nitro groups is 1. The lowest BCUT2D eigenvalue weighted by molar-refractivity contribution is -0.384. The number of imidazole rings is 1. The van der Waals surface area contributed by atoms with Crippen molar-refractivity contribution in [3.8, 4) is 17.1 Å². The molecule has 0 N–H and O–H groups in total. The molecule has 1 aromatic carbocycles. The van der Waals surface area contributed by atoms with Crippen LogP contribution in [0.3, 0.4) is 0 Å². The van der Waals surface area contributed by atoms with E-state index in [1.54, 1.807) is 24.3 Å². The normalized spacial score (nSPS) is 10.8. The van der Waals surface area contributed by atoms with Crippen LogP contribution >= 0.6 is 11.6 Å². The lowest BCUT2D eigenvalue weighted by Crippen LogP contribution is -1.96. The van der Waals surface area contributed by atoms with E-state index in [2.05, 4.69) is 10.1 Å². The predicted octanol–water partition coefficient (Wildman–Crippen LogP) is 2.97. The van der Waals surface area contributed by atoms with Crippen LogP contribution in [-0.2, 0) is 0 Å². The number of hydrogen-bond donors (Lipinski definition) is 0. The van der Waals surface area contributed by atoms with Gasteiger partial charge in [-0.25, -0.2) is 4.98 Å². The quantitative estimate of drug-likeness (QED) is 0.549. The summed E-state index contributed by atoms with van der Waals surface area (Å²) >= 11 is 5.87. The second-order valence-electron chi connectivity index (χ2n) is 4.20. The molecule has 0 bridgehead atoms. The van der Waals surface area contributed by atoms with Crippen molar-refractivity contribution >= 4 is 22.9 Å². The van der Waals surface area contributed by atoms with Gasteiger partial charge in [0.1, 0.15) is 10.8 Å². The zero-order chi connectivity index (χ0) is 15.0. The number of non-ortho nitro benzene ring substituents is 1. The molecule has 3 rings (SSSR count). The summed E-state index contributed by atoms with van der Waals surface area (Å²) in [5, 5.41) is 15.3. The Morgan fingerprint density at radius 2 is 2.14 bits per heavy atom. The molecule has 0 aliphatic heterocycles. The van der Waals surface area contributed by atoms with Gasteiger partial charge in [-0.3, -0.25) is 10.1 Å². The van der Waals surface area contributed by atoms with Gasteiger partial charge in [-0.05, 0) is 12.1 Å². The molecule has 106 valence electrons. The summed E-state index contributed by atoms with van der Waals surface area (Å²) in [6.07, 6.45) is 0. The summed E-state index contributed by atoms with van der Waals surface area (Å²) in [7, 11) is 1.48. The van der Waals surface area contributed by atoms with Gasteiger partial charge in [-0.1, -0.05) is 23.7 Å². The Hall–Kier alpha value is -2.67. The Kier molecular flexibility index (Phi) is 3.19. The molecule has 0 unspecified atom stereocenters. The molecular formula is C13H9ClN4O3. The molecular weight excluding hydrogens is 296 g/mol. The highest BCUT2D eigenvalue weighted by Crippen LogP contribution is 2.32. The molecule has 0 aliphatic rings. The van der Waals surface area contributed by atoms with Crippen molar-refractivity contribution in [2.75, 3.05) is 7.11 Å². The summed E-state index contributed by atoms with van der Waals surface area (Å²) in [6.45, 7) is 0. The Morgan fingerprint density at radius 3 is 2.86 bits per heavy atom. The number of methoxy groups -OCH3 is 1. The molecule has 0 spiro atoms. The van der Waals surface area contributed by atoms with Crippen LogP contribution in [0.5, 0.6) is 5.88 Å². The average Bonchev–Trinajstić information content (AvgIpc) is 2.85. The third-order valence-corrected chi connectivity index (χ3v) is 3.13. The van der Waals surface area contributed by atoms with Gasteiger partial charge in [0.05, 0.1) is 12.0 Å². The van der Waals surface area contributed by atoms with Gasteiger partial charge in [0, 0.05) is 17.7 Å². The first-order chi connectivity index (χ1) is 10.1. The van der Waals surface area contributed by atoms with E-state index in [0.717, 1.165) is 0 Å².